The summed E-state index contributed by atoms with van der Waals surface area (Å²) in [5, 5.41) is 14.3. The minimum Gasteiger partial charge on any atom is -0.342 e. The Morgan fingerprint density at radius 2 is 2.12 bits per heavy atom. The van der Waals surface area contributed by atoms with Crippen LogP contribution in [-0.2, 0) is 17.9 Å². The number of carbonyl (C=O) groups excluding carboxylic acids is 1. The third kappa shape index (κ3) is 2.77. The molecule has 0 aromatic carbocycles. The van der Waals surface area contributed by atoms with E-state index in [-0.39, 0.29) is 5.92 Å². The maximum atomic E-state index is 12.9. The zero-order chi connectivity index (χ0) is 17.7. The van der Waals surface area contributed by atoms with Crippen LogP contribution >= 0.6 is 11.3 Å². The summed E-state index contributed by atoms with van der Waals surface area (Å²) in [4.78, 5) is 16.4. The van der Waals surface area contributed by atoms with E-state index in [0.717, 1.165) is 63.6 Å². The minimum absolute atomic E-state index is 0.218. The highest BCUT2D eigenvalue weighted by atomic mass is 32.1. The van der Waals surface area contributed by atoms with Gasteiger partial charge in [0.05, 0.1) is 6.54 Å². The smallest absolute Gasteiger partial charge is 0.226 e. The van der Waals surface area contributed by atoms with Crippen LogP contribution in [0.25, 0.3) is 0 Å². The van der Waals surface area contributed by atoms with Gasteiger partial charge in [-0.3, -0.25) is 4.79 Å². The predicted molar refractivity (Wildman–Crippen MR) is 100 cm³/mol. The van der Waals surface area contributed by atoms with Gasteiger partial charge >= 0.3 is 0 Å². The molecule has 1 amide bonds. The molecule has 1 saturated heterocycles. The van der Waals surface area contributed by atoms with Gasteiger partial charge in [0.2, 0.25) is 5.91 Å². The number of aryl methyl sites for hydroxylation is 1. The quantitative estimate of drug-likeness (QED) is 0.899. The molecular weight excluding hydrogens is 346 g/mol. The molecule has 1 aliphatic carbocycles. The number of thiophene rings is 1. The van der Waals surface area contributed by atoms with Gasteiger partial charge < -0.3 is 14.8 Å². The lowest BCUT2D eigenvalue weighted by Crippen LogP contribution is -2.39. The number of amides is 1. The van der Waals surface area contributed by atoms with E-state index in [9.17, 15) is 4.79 Å². The van der Waals surface area contributed by atoms with Gasteiger partial charge in [0.15, 0.2) is 0 Å². The van der Waals surface area contributed by atoms with E-state index < -0.39 is 0 Å². The Kier molecular flexibility index (Phi) is 4.09. The molecule has 0 spiro atoms. The Morgan fingerprint density at radius 3 is 2.88 bits per heavy atom. The third-order valence-corrected chi connectivity index (χ3v) is 7.32. The van der Waals surface area contributed by atoms with Crippen LogP contribution < -0.4 is 5.32 Å². The Labute approximate surface area is 157 Å². The van der Waals surface area contributed by atoms with Crippen LogP contribution in [-0.4, -0.2) is 45.2 Å². The summed E-state index contributed by atoms with van der Waals surface area (Å²) in [6.07, 6.45) is 3.05. The Bertz CT molecular complexity index is 820. The average molecular weight is 372 g/mol. The van der Waals surface area contributed by atoms with Gasteiger partial charge in [-0.15, -0.1) is 21.5 Å². The van der Waals surface area contributed by atoms with Crippen molar-refractivity contribution in [3.8, 4) is 0 Å². The predicted octanol–water partition coefficient (Wildman–Crippen LogP) is 2.26. The Morgan fingerprint density at radius 1 is 1.27 bits per heavy atom. The fraction of sp³-hybridized carbons (Fsp3) is 0.632. The Balaban J connectivity index is 1.21. The molecule has 7 heteroatoms. The van der Waals surface area contributed by atoms with Gasteiger partial charge in [0.1, 0.15) is 11.6 Å². The molecule has 2 aromatic heterocycles. The van der Waals surface area contributed by atoms with Crippen molar-refractivity contribution in [2.24, 2.45) is 5.92 Å². The molecule has 2 aliphatic heterocycles. The summed E-state index contributed by atoms with van der Waals surface area (Å²) in [7, 11) is 0. The van der Waals surface area contributed by atoms with E-state index in [1.165, 1.54) is 10.4 Å². The lowest BCUT2D eigenvalue weighted by molar-refractivity contribution is -0.133. The first kappa shape index (κ1) is 16.4. The first-order valence-corrected chi connectivity index (χ1v) is 10.6. The molecule has 2 aromatic rings. The summed E-state index contributed by atoms with van der Waals surface area (Å²) in [5.74, 6) is 3.68. The van der Waals surface area contributed by atoms with Crippen molar-refractivity contribution in [3.63, 3.8) is 0 Å². The van der Waals surface area contributed by atoms with Crippen LogP contribution in [0.1, 0.15) is 53.2 Å². The highest BCUT2D eigenvalue weighted by Crippen LogP contribution is 2.51. The molecule has 2 atom stereocenters. The first-order valence-electron chi connectivity index (χ1n) is 9.68. The molecule has 138 valence electrons. The lowest BCUT2D eigenvalue weighted by atomic mass is 9.95. The molecule has 2 fully saturated rings. The summed E-state index contributed by atoms with van der Waals surface area (Å²) >= 11 is 1.81. The second-order valence-corrected chi connectivity index (χ2v) is 8.77. The number of nitrogens with zero attached hydrogens (tertiary/aromatic N) is 4. The van der Waals surface area contributed by atoms with E-state index >= 15 is 0 Å². The van der Waals surface area contributed by atoms with Crippen LogP contribution in [0.5, 0.6) is 0 Å². The second kappa shape index (κ2) is 6.46. The minimum atomic E-state index is 0.218. The number of carbonyl (C=O) groups is 1. The van der Waals surface area contributed by atoms with Crippen LogP contribution in [0, 0.1) is 12.8 Å². The van der Waals surface area contributed by atoms with Crippen molar-refractivity contribution in [1.29, 1.82) is 0 Å². The van der Waals surface area contributed by atoms with Crippen LogP contribution in [0.4, 0.5) is 0 Å². The summed E-state index contributed by atoms with van der Waals surface area (Å²) in [6, 6.07) is 2.17. The summed E-state index contributed by atoms with van der Waals surface area (Å²) < 4.78 is 2.29. The monoisotopic (exact) mass is 371 g/mol. The largest absolute Gasteiger partial charge is 0.342 e. The molecule has 0 radical (unpaired) electrons. The number of hydrogen-bond donors (Lipinski definition) is 1. The van der Waals surface area contributed by atoms with E-state index in [1.807, 2.05) is 0 Å². The van der Waals surface area contributed by atoms with Crippen LogP contribution in [0.15, 0.2) is 11.4 Å². The molecule has 3 aliphatic rings. The molecule has 2 unspecified atom stereocenters. The number of aromatic nitrogens is 3. The summed E-state index contributed by atoms with van der Waals surface area (Å²) in [6.45, 7) is 6.63. The summed E-state index contributed by atoms with van der Waals surface area (Å²) in [5.41, 5.74) is 1.35. The number of piperidine rings is 1. The van der Waals surface area contributed by atoms with Crippen molar-refractivity contribution >= 4 is 17.2 Å². The van der Waals surface area contributed by atoms with Gasteiger partial charge in [-0.1, -0.05) is 0 Å². The second-order valence-electron chi connectivity index (χ2n) is 7.82. The van der Waals surface area contributed by atoms with E-state index in [0.29, 0.717) is 17.7 Å². The van der Waals surface area contributed by atoms with E-state index in [4.69, 9.17) is 0 Å². The van der Waals surface area contributed by atoms with Crippen LogP contribution in [0.2, 0.25) is 0 Å². The fourth-order valence-corrected chi connectivity index (χ4v) is 5.64. The number of nitrogens with one attached hydrogen (secondary N) is 1. The SMILES string of the molecule is Cc1ccsc1C1CC1C(=O)N1CCC(c2nnc3n2CCNC3)CC1. The maximum Gasteiger partial charge on any atom is 0.226 e. The standard InChI is InChI=1S/C19H25N5OS/c1-12-4-9-26-17(12)14-10-15(14)19(25)23-6-2-13(3-7-23)18-22-21-16-11-20-5-8-24(16)18/h4,9,13-15,20H,2-3,5-8,10-11H2,1H3. The molecule has 0 bridgehead atoms. The zero-order valence-corrected chi connectivity index (χ0v) is 16.0. The Hall–Kier alpha value is -1.73. The number of rotatable bonds is 3. The fourth-order valence-electron chi connectivity index (χ4n) is 4.53. The molecule has 1 N–H and O–H groups in total. The van der Waals surface area contributed by atoms with Crippen molar-refractivity contribution in [1.82, 2.24) is 25.0 Å². The van der Waals surface area contributed by atoms with Crippen molar-refractivity contribution in [2.75, 3.05) is 19.6 Å². The van der Waals surface area contributed by atoms with Gasteiger partial charge in [-0.2, -0.15) is 0 Å². The molecule has 1 saturated carbocycles. The number of hydrogen-bond acceptors (Lipinski definition) is 5. The van der Waals surface area contributed by atoms with Gasteiger partial charge in [-0.25, -0.2) is 0 Å². The highest BCUT2D eigenvalue weighted by Gasteiger charge is 2.47. The highest BCUT2D eigenvalue weighted by molar-refractivity contribution is 7.10. The van der Waals surface area contributed by atoms with Gasteiger partial charge in [0.25, 0.3) is 0 Å². The lowest BCUT2D eigenvalue weighted by Gasteiger charge is -2.32. The van der Waals surface area contributed by atoms with Crippen molar-refractivity contribution in [3.05, 3.63) is 33.5 Å². The van der Waals surface area contributed by atoms with Crippen molar-refractivity contribution in [2.45, 2.75) is 51.1 Å². The molecule has 4 heterocycles. The van der Waals surface area contributed by atoms with Gasteiger partial charge in [-0.05, 0) is 43.2 Å². The molecule has 26 heavy (non-hydrogen) atoms. The molecule has 5 rings (SSSR count). The number of fused-ring (bicyclic) bond motifs is 1. The molecular formula is C19H25N5OS. The number of likely N-dealkylation sites (tertiary alicyclic amines) is 1. The van der Waals surface area contributed by atoms with E-state index in [2.05, 4.69) is 43.4 Å². The van der Waals surface area contributed by atoms with Crippen LogP contribution in [0.3, 0.4) is 0 Å². The first-order chi connectivity index (χ1) is 12.7. The normalized spacial score (nSPS) is 26.0. The van der Waals surface area contributed by atoms with Gasteiger partial charge in [0, 0.05) is 48.8 Å². The van der Waals surface area contributed by atoms with Crippen molar-refractivity contribution < 1.29 is 4.79 Å². The topological polar surface area (TPSA) is 63.1 Å². The average Bonchev–Trinajstić information content (AvgIpc) is 3.15. The zero-order valence-electron chi connectivity index (χ0n) is 15.1. The maximum absolute atomic E-state index is 12.9. The third-order valence-electron chi connectivity index (χ3n) is 6.17. The van der Waals surface area contributed by atoms with E-state index in [1.54, 1.807) is 11.3 Å². The molecule has 6 nitrogen and oxygen atoms in total.